The summed E-state index contributed by atoms with van der Waals surface area (Å²) >= 11 is 6.00. The zero-order valence-electron chi connectivity index (χ0n) is 16.9. The zero-order valence-corrected chi connectivity index (χ0v) is 17.7. The number of ketones is 1. The fraction of sp³-hybridized carbons (Fsp3) is 0.120. The third kappa shape index (κ3) is 3.92. The van der Waals surface area contributed by atoms with E-state index >= 15 is 0 Å². The van der Waals surface area contributed by atoms with Crippen LogP contribution in [-0.2, 0) is 4.79 Å². The van der Waals surface area contributed by atoms with Gasteiger partial charge < -0.3 is 9.72 Å². The number of H-pyrrole nitrogens is 1. The van der Waals surface area contributed by atoms with E-state index in [0.29, 0.717) is 22.6 Å². The Bertz CT molecular complexity index is 1220. The highest BCUT2D eigenvalue weighted by molar-refractivity contribution is 6.30. The van der Waals surface area contributed by atoms with Crippen LogP contribution < -0.4 is 9.64 Å². The summed E-state index contributed by atoms with van der Waals surface area (Å²) in [5, 5.41) is 0.798. The second-order valence-corrected chi connectivity index (χ2v) is 7.26. The molecule has 0 spiro atoms. The summed E-state index contributed by atoms with van der Waals surface area (Å²) in [5.74, 6) is -0.405. The molecule has 1 atom stereocenters. The average molecular weight is 433 g/mol. The molecule has 0 saturated heterocycles. The van der Waals surface area contributed by atoms with Gasteiger partial charge in [-0.05, 0) is 23.8 Å². The van der Waals surface area contributed by atoms with Gasteiger partial charge in [0.15, 0.2) is 5.78 Å². The lowest BCUT2D eigenvalue weighted by molar-refractivity contribution is -0.116. The van der Waals surface area contributed by atoms with Gasteiger partial charge in [0.05, 0.1) is 12.8 Å². The topological polar surface area (TPSA) is 62.4 Å². The largest absolute Gasteiger partial charge is 0.495 e. The molecule has 0 saturated carbocycles. The molecule has 31 heavy (non-hydrogen) atoms. The number of fused-ring (bicyclic) bond motifs is 1. The molecule has 1 heterocycles. The van der Waals surface area contributed by atoms with Crippen LogP contribution >= 0.6 is 11.6 Å². The van der Waals surface area contributed by atoms with E-state index in [1.54, 1.807) is 24.4 Å². The predicted molar refractivity (Wildman–Crippen MR) is 123 cm³/mol. The summed E-state index contributed by atoms with van der Waals surface area (Å²) in [6.45, 7) is 0. The molecular weight excluding hydrogens is 412 g/mol. The first-order chi connectivity index (χ1) is 15.2. The fourth-order valence-corrected chi connectivity index (χ4v) is 3.92. The standard InChI is InChI=1S/C25H21ClN2O3/c1-31-22-14-8-7-13-21(22)28(23(29)15-26)24(17-9-3-2-4-10-17)25(30)19-16-27-20-12-6-5-11-18(19)20/h2-14,16,24,27H,15H2,1H3. The van der Waals surface area contributed by atoms with Crippen molar-refractivity contribution >= 4 is 39.9 Å². The van der Waals surface area contributed by atoms with Crippen molar-refractivity contribution in [2.24, 2.45) is 0 Å². The molecule has 1 amide bonds. The van der Waals surface area contributed by atoms with Crippen molar-refractivity contribution in [1.29, 1.82) is 0 Å². The van der Waals surface area contributed by atoms with Crippen molar-refractivity contribution < 1.29 is 14.3 Å². The molecule has 0 aliphatic heterocycles. The van der Waals surface area contributed by atoms with E-state index in [1.165, 1.54) is 12.0 Å². The Labute approximate surface area is 185 Å². The minimum absolute atomic E-state index is 0.215. The fourth-order valence-electron chi connectivity index (χ4n) is 3.79. The van der Waals surface area contributed by atoms with Crippen LogP contribution in [0, 0.1) is 0 Å². The normalized spacial score (nSPS) is 11.8. The smallest absolute Gasteiger partial charge is 0.242 e. The molecule has 1 unspecified atom stereocenters. The quantitative estimate of drug-likeness (QED) is 0.315. The molecule has 1 N–H and O–H groups in total. The number of carbonyl (C=O) groups is 2. The molecule has 1 aromatic heterocycles. The zero-order chi connectivity index (χ0) is 21.8. The highest BCUT2D eigenvalue weighted by Crippen LogP contribution is 2.37. The summed E-state index contributed by atoms with van der Waals surface area (Å²) in [4.78, 5) is 31.6. The Morgan fingerprint density at radius 3 is 2.39 bits per heavy atom. The lowest BCUT2D eigenvalue weighted by atomic mass is 9.94. The van der Waals surface area contributed by atoms with Crippen LogP contribution in [0.2, 0.25) is 0 Å². The first-order valence-electron chi connectivity index (χ1n) is 9.82. The molecule has 0 radical (unpaired) electrons. The monoisotopic (exact) mass is 432 g/mol. The van der Waals surface area contributed by atoms with Gasteiger partial charge in [0.1, 0.15) is 17.7 Å². The minimum Gasteiger partial charge on any atom is -0.495 e. The van der Waals surface area contributed by atoms with Crippen LogP contribution in [0.3, 0.4) is 0 Å². The maximum atomic E-state index is 14.0. The number of carbonyl (C=O) groups excluding carboxylic acids is 2. The number of hydrogen-bond acceptors (Lipinski definition) is 3. The van der Waals surface area contributed by atoms with Gasteiger partial charge >= 0.3 is 0 Å². The van der Waals surface area contributed by atoms with Gasteiger partial charge in [-0.1, -0.05) is 60.7 Å². The van der Waals surface area contributed by atoms with E-state index in [4.69, 9.17) is 16.3 Å². The number of hydrogen-bond donors (Lipinski definition) is 1. The van der Waals surface area contributed by atoms with Crippen LogP contribution in [0.5, 0.6) is 5.75 Å². The molecule has 4 aromatic rings. The maximum absolute atomic E-state index is 14.0. The summed E-state index contributed by atoms with van der Waals surface area (Å²) in [6, 6.07) is 23.0. The van der Waals surface area contributed by atoms with Gasteiger partial charge in [-0.3, -0.25) is 14.5 Å². The number of rotatable bonds is 7. The molecule has 4 rings (SSSR count). The van der Waals surface area contributed by atoms with Gasteiger partial charge in [0, 0.05) is 22.7 Å². The number of alkyl halides is 1. The number of Topliss-reactive ketones (excluding diaryl/α,β-unsaturated/α-hetero) is 1. The van der Waals surface area contributed by atoms with Gasteiger partial charge in [0.2, 0.25) is 5.91 Å². The van der Waals surface area contributed by atoms with E-state index in [-0.39, 0.29) is 11.7 Å². The molecule has 0 fully saturated rings. The first kappa shape index (κ1) is 20.7. The van der Waals surface area contributed by atoms with Crippen molar-refractivity contribution in [3.8, 4) is 5.75 Å². The van der Waals surface area contributed by atoms with Crippen LogP contribution in [0.4, 0.5) is 5.69 Å². The van der Waals surface area contributed by atoms with E-state index in [9.17, 15) is 9.59 Å². The van der Waals surface area contributed by atoms with E-state index < -0.39 is 11.9 Å². The molecular formula is C25H21ClN2O3. The Hall–Kier alpha value is -3.57. The molecule has 0 aliphatic carbocycles. The number of aromatic nitrogens is 1. The van der Waals surface area contributed by atoms with Gasteiger partial charge in [-0.25, -0.2) is 0 Å². The second kappa shape index (κ2) is 9.06. The SMILES string of the molecule is COc1ccccc1N(C(=O)CCl)C(C(=O)c1c[nH]c2ccccc12)c1ccccc1. The second-order valence-electron chi connectivity index (χ2n) is 6.99. The summed E-state index contributed by atoms with van der Waals surface area (Å²) in [5.41, 5.74) is 2.52. The lowest BCUT2D eigenvalue weighted by Gasteiger charge is -2.32. The summed E-state index contributed by atoms with van der Waals surface area (Å²) in [6.07, 6.45) is 1.69. The van der Waals surface area contributed by atoms with Gasteiger partial charge in [-0.2, -0.15) is 0 Å². The van der Waals surface area contributed by atoms with Crippen LogP contribution in [0.1, 0.15) is 22.0 Å². The van der Waals surface area contributed by atoms with Crippen LogP contribution in [0.15, 0.2) is 85.1 Å². The number of aromatic amines is 1. The number of benzene rings is 3. The number of amides is 1. The Kier molecular flexibility index (Phi) is 6.05. The molecule has 3 aromatic carbocycles. The third-order valence-electron chi connectivity index (χ3n) is 5.20. The highest BCUT2D eigenvalue weighted by atomic mass is 35.5. The average Bonchev–Trinajstić information content (AvgIpc) is 3.26. The number of anilines is 1. The van der Waals surface area contributed by atoms with E-state index in [0.717, 1.165) is 10.9 Å². The molecule has 156 valence electrons. The number of halogens is 1. The number of nitrogens with one attached hydrogen (secondary N) is 1. The van der Waals surface area contributed by atoms with Crippen molar-refractivity contribution in [3.05, 3.63) is 96.2 Å². The molecule has 0 aliphatic rings. The van der Waals surface area contributed by atoms with Crippen molar-refractivity contribution in [3.63, 3.8) is 0 Å². The third-order valence-corrected chi connectivity index (χ3v) is 5.43. The molecule has 6 heteroatoms. The van der Waals surface area contributed by atoms with Crippen LogP contribution in [0.25, 0.3) is 10.9 Å². The Morgan fingerprint density at radius 1 is 0.968 bits per heavy atom. The maximum Gasteiger partial charge on any atom is 0.242 e. The van der Waals surface area contributed by atoms with E-state index in [2.05, 4.69) is 4.98 Å². The van der Waals surface area contributed by atoms with E-state index in [1.807, 2.05) is 60.7 Å². The van der Waals surface area contributed by atoms with Crippen molar-refractivity contribution in [1.82, 2.24) is 4.98 Å². The predicted octanol–water partition coefficient (Wildman–Crippen LogP) is 5.37. The summed E-state index contributed by atoms with van der Waals surface area (Å²) in [7, 11) is 1.53. The molecule has 5 nitrogen and oxygen atoms in total. The Morgan fingerprint density at radius 2 is 1.65 bits per heavy atom. The number of nitrogens with zero attached hydrogens (tertiary/aromatic N) is 1. The first-order valence-corrected chi connectivity index (χ1v) is 10.4. The van der Waals surface area contributed by atoms with Crippen molar-refractivity contribution in [2.45, 2.75) is 6.04 Å². The van der Waals surface area contributed by atoms with Gasteiger partial charge in [-0.15, -0.1) is 11.6 Å². The summed E-state index contributed by atoms with van der Waals surface area (Å²) < 4.78 is 5.49. The number of para-hydroxylation sites is 3. The minimum atomic E-state index is -0.914. The number of methoxy groups -OCH3 is 1. The van der Waals surface area contributed by atoms with Crippen LogP contribution in [-0.4, -0.2) is 29.7 Å². The number of ether oxygens (including phenoxy) is 1. The Balaban J connectivity index is 1.93. The van der Waals surface area contributed by atoms with Crippen molar-refractivity contribution in [2.75, 3.05) is 17.9 Å². The highest BCUT2D eigenvalue weighted by Gasteiger charge is 2.35. The van der Waals surface area contributed by atoms with Gasteiger partial charge in [0.25, 0.3) is 0 Å². The lowest BCUT2D eigenvalue weighted by Crippen LogP contribution is -2.40. The molecule has 0 bridgehead atoms.